The van der Waals surface area contributed by atoms with E-state index in [-0.39, 0.29) is 29.6 Å². The van der Waals surface area contributed by atoms with Crippen LogP contribution in [0.2, 0.25) is 0 Å². The zero-order valence-electron chi connectivity index (χ0n) is 23.8. The Labute approximate surface area is 254 Å². The number of carbonyl (C=O) groups excluding carboxylic acids is 3. The average Bonchev–Trinajstić information content (AvgIpc) is 3.51. The summed E-state index contributed by atoms with van der Waals surface area (Å²) in [6.45, 7) is 1.99. The third-order valence-electron chi connectivity index (χ3n) is 6.73. The average molecular weight is 587 g/mol. The highest BCUT2D eigenvalue weighted by Crippen LogP contribution is 2.30. The van der Waals surface area contributed by atoms with Gasteiger partial charge in [0.2, 0.25) is 11.8 Å². The zero-order chi connectivity index (χ0) is 30.2. The Bertz CT molecular complexity index is 1770. The first-order chi connectivity index (χ1) is 20.9. The largest absolute Gasteiger partial charge is 0.497 e. The van der Waals surface area contributed by atoms with E-state index in [0.29, 0.717) is 16.9 Å². The van der Waals surface area contributed by atoms with Gasteiger partial charge in [0, 0.05) is 32.6 Å². The van der Waals surface area contributed by atoms with Crippen LogP contribution in [0.3, 0.4) is 0 Å². The molecule has 0 aliphatic heterocycles. The summed E-state index contributed by atoms with van der Waals surface area (Å²) in [6.07, 6.45) is 3.38. The minimum Gasteiger partial charge on any atom is -0.497 e. The molecule has 0 aliphatic rings. The van der Waals surface area contributed by atoms with Gasteiger partial charge in [0.1, 0.15) is 5.75 Å². The van der Waals surface area contributed by atoms with E-state index in [0.717, 1.165) is 32.2 Å². The van der Waals surface area contributed by atoms with Crippen LogP contribution in [0.15, 0.2) is 115 Å². The van der Waals surface area contributed by atoms with Gasteiger partial charge in [0.15, 0.2) is 5.78 Å². The number of benzene rings is 4. The Morgan fingerprint density at radius 2 is 1.56 bits per heavy atom. The molecular weight excluding hydrogens is 556 g/mol. The standard InChI is InChI=1S/C36H30N2O4S/c1-24-8-10-25(11-9-24)22-35(40)38-32-19-14-28(23-31(32)36(41)27-6-4-3-5-7-27)37-34(39)21-18-30-17-20-33(43-30)26-12-15-29(42-2)16-13-26/h3-21,23H,22H2,1-2H3,(H,37,39)(H,38,40)/b21-18+. The fraction of sp³-hybridized carbons (Fsp3) is 0.0833. The first kappa shape index (κ1) is 29.2. The highest BCUT2D eigenvalue weighted by Gasteiger charge is 2.17. The van der Waals surface area contributed by atoms with Crippen LogP contribution in [-0.2, 0) is 16.0 Å². The Morgan fingerprint density at radius 3 is 2.28 bits per heavy atom. The lowest BCUT2D eigenvalue weighted by molar-refractivity contribution is -0.115. The number of hydrogen-bond donors (Lipinski definition) is 2. The second kappa shape index (κ2) is 13.6. The van der Waals surface area contributed by atoms with Crippen LogP contribution in [0.5, 0.6) is 5.75 Å². The van der Waals surface area contributed by atoms with E-state index in [4.69, 9.17) is 4.74 Å². The number of methoxy groups -OCH3 is 1. The zero-order valence-corrected chi connectivity index (χ0v) is 24.6. The second-order valence-corrected chi connectivity index (χ2v) is 11.0. The monoisotopic (exact) mass is 586 g/mol. The lowest BCUT2D eigenvalue weighted by Crippen LogP contribution is -2.18. The molecule has 0 unspecified atom stereocenters. The van der Waals surface area contributed by atoms with Gasteiger partial charge in [0.25, 0.3) is 0 Å². The molecule has 0 fully saturated rings. The predicted octanol–water partition coefficient (Wildman–Crippen LogP) is 7.80. The van der Waals surface area contributed by atoms with Gasteiger partial charge >= 0.3 is 0 Å². The van der Waals surface area contributed by atoms with Crippen LogP contribution in [0, 0.1) is 6.92 Å². The molecule has 0 spiro atoms. The molecule has 1 heterocycles. The van der Waals surface area contributed by atoms with Crippen molar-refractivity contribution in [3.8, 4) is 16.2 Å². The van der Waals surface area contributed by atoms with Crippen molar-refractivity contribution in [3.63, 3.8) is 0 Å². The number of ether oxygens (including phenoxy) is 1. The highest BCUT2D eigenvalue weighted by atomic mass is 32.1. The summed E-state index contributed by atoms with van der Waals surface area (Å²) in [5, 5.41) is 5.72. The Balaban J connectivity index is 1.31. The number of hydrogen-bond acceptors (Lipinski definition) is 5. The smallest absolute Gasteiger partial charge is 0.248 e. The molecule has 0 bridgehead atoms. The first-order valence-corrected chi connectivity index (χ1v) is 14.5. The van der Waals surface area contributed by atoms with Crippen molar-refractivity contribution in [1.29, 1.82) is 0 Å². The van der Waals surface area contributed by atoms with E-state index in [2.05, 4.69) is 10.6 Å². The summed E-state index contributed by atoms with van der Waals surface area (Å²) in [6, 6.07) is 33.2. The van der Waals surface area contributed by atoms with Crippen molar-refractivity contribution in [3.05, 3.63) is 142 Å². The molecular formula is C36H30N2O4S. The lowest BCUT2D eigenvalue weighted by atomic mass is 10.0. The van der Waals surface area contributed by atoms with Gasteiger partial charge in [-0.1, -0.05) is 60.2 Å². The number of anilines is 2. The molecule has 0 saturated carbocycles. The van der Waals surface area contributed by atoms with E-state index in [1.165, 1.54) is 6.08 Å². The number of ketones is 1. The van der Waals surface area contributed by atoms with Gasteiger partial charge < -0.3 is 15.4 Å². The summed E-state index contributed by atoms with van der Waals surface area (Å²) in [7, 11) is 1.63. The number of nitrogens with one attached hydrogen (secondary N) is 2. The van der Waals surface area contributed by atoms with Crippen molar-refractivity contribution in [2.45, 2.75) is 13.3 Å². The topological polar surface area (TPSA) is 84.5 Å². The van der Waals surface area contributed by atoms with Gasteiger partial charge in [-0.15, -0.1) is 11.3 Å². The lowest BCUT2D eigenvalue weighted by Gasteiger charge is -2.13. The van der Waals surface area contributed by atoms with E-state index >= 15 is 0 Å². The third-order valence-corrected chi connectivity index (χ3v) is 7.83. The van der Waals surface area contributed by atoms with Gasteiger partial charge in [0.05, 0.1) is 19.2 Å². The minimum atomic E-state index is -0.339. The molecule has 1 aromatic heterocycles. The number of carbonyl (C=O) groups is 3. The highest BCUT2D eigenvalue weighted by molar-refractivity contribution is 7.16. The molecule has 0 saturated heterocycles. The maximum absolute atomic E-state index is 13.5. The van der Waals surface area contributed by atoms with Gasteiger partial charge in [-0.05, 0) is 78.7 Å². The van der Waals surface area contributed by atoms with E-state index in [1.54, 1.807) is 67.0 Å². The van der Waals surface area contributed by atoms with E-state index < -0.39 is 0 Å². The fourth-order valence-electron chi connectivity index (χ4n) is 4.44. The maximum Gasteiger partial charge on any atom is 0.248 e. The molecule has 0 atom stereocenters. The number of aryl methyl sites for hydroxylation is 1. The van der Waals surface area contributed by atoms with E-state index in [1.807, 2.05) is 73.7 Å². The quantitative estimate of drug-likeness (QED) is 0.129. The molecule has 0 aliphatic carbocycles. The summed E-state index contributed by atoms with van der Waals surface area (Å²) in [5.74, 6) is -0.0461. The Hall–Kier alpha value is -5.27. The molecule has 0 radical (unpaired) electrons. The predicted molar refractivity (Wildman–Crippen MR) is 174 cm³/mol. The van der Waals surface area contributed by atoms with Crippen molar-refractivity contribution in [2.24, 2.45) is 0 Å². The third kappa shape index (κ3) is 7.72. The summed E-state index contributed by atoms with van der Waals surface area (Å²) < 4.78 is 5.23. The van der Waals surface area contributed by atoms with Crippen LogP contribution >= 0.6 is 11.3 Å². The molecule has 2 amide bonds. The summed E-state index contributed by atoms with van der Waals surface area (Å²) >= 11 is 1.57. The van der Waals surface area contributed by atoms with Crippen LogP contribution in [0.4, 0.5) is 11.4 Å². The molecule has 214 valence electrons. The number of amides is 2. The number of thiophene rings is 1. The fourth-order valence-corrected chi connectivity index (χ4v) is 5.36. The minimum absolute atomic E-state index is 0.172. The Morgan fingerprint density at radius 1 is 0.814 bits per heavy atom. The maximum atomic E-state index is 13.5. The van der Waals surface area contributed by atoms with Crippen molar-refractivity contribution < 1.29 is 19.1 Å². The van der Waals surface area contributed by atoms with Crippen molar-refractivity contribution in [2.75, 3.05) is 17.7 Å². The molecule has 43 heavy (non-hydrogen) atoms. The first-order valence-electron chi connectivity index (χ1n) is 13.7. The molecule has 6 nitrogen and oxygen atoms in total. The molecule has 7 heteroatoms. The molecule has 2 N–H and O–H groups in total. The number of rotatable bonds is 10. The van der Waals surface area contributed by atoms with E-state index in [9.17, 15) is 14.4 Å². The van der Waals surface area contributed by atoms with Gasteiger partial charge in [-0.3, -0.25) is 14.4 Å². The van der Waals surface area contributed by atoms with Gasteiger partial charge in [-0.25, -0.2) is 0 Å². The SMILES string of the molecule is COc1ccc(-c2ccc(/C=C/C(=O)Nc3ccc(NC(=O)Cc4ccc(C)cc4)c(C(=O)c4ccccc4)c3)s2)cc1. The second-order valence-electron chi connectivity index (χ2n) is 9.92. The van der Waals surface area contributed by atoms with Crippen molar-refractivity contribution >= 4 is 46.4 Å². The van der Waals surface area contributed by atoms with Gasteiger partial charge in [-0.2, -0.15) is 0 Å². The van der Waals surface area contributed by atoms with Crippen molar-refractivity contribution in [1.82, 2.24) is 0 Å². The van der Waals surface area contributed by atoms with Crippen LogP contribution < -0.4 is 15.4 Å². The molecule has 5 rings (SSSR count). The molecule has 5 aromatic rings. The van der Waals surface area contributed by atoms with Crippen LogP contribution in [0.1, 0.15) is 31.9 Å². The van der Waals surface area contributed by atoms with Crippen LogP contribution in [0.25, 0.3) is 16.5 Å². The molecule has 4 aromatic carbocycles. The summed E-state index contributed by atoms with van der Waals surface area (Å²) in [4.78, 5) is 41.2. The summed E-state index contributed by atoms with van der Waals surface area (Å²) in [5.41, 5.74) is 4.63. The Kier molecular flexibility index (Phi) is 9.24. The normalized spacial score (nSPS) is 10.8. The van der Waals surface area contributed by atoms with Crippen LogP contribution in [-0.4, -0.2) is 24.7 Å².